The van der Waals surface area contributed by atoms with E-state index >= 15 is 0 Å². The van der Waals surface area contributed by atoms with Gasteiger partial charge in [-0.2, -0.15) is 4.80 Å². The van der Waals surface area contributed by atoms with Crippen LogP contribution in [0.5, 0.6) is 5.75 Å². The van der Waals surface area contributed by atoms with Gasteiger partial charge in [0.2, 0.25) is 5.82 Å². The minimum Gasteiger partial charge on any atom is -0.497 e. The number of nitrogens with zero attached hydrogens (tertiary/aromatic N) is 5. The Kier molecular flexibility index (Phi) is 7.29. The van der Waals surface area contributed by atoms with Crippen LogP contribution in [-0.2, 0) is 13.1 Å². The fraction of sp³-hybridized carbons (Fsp3) is 0.458. The Hall–Kier alpha value is -3.33. The van der Waals surface area contributed by atoms with Crippen LogP contribution in [0, 0.1) is 18.8 Å². The molecule has 4 rings (SSSR count). The van der Waals surface area contributed by atoms with E-state index in [9.17, 15) is 9.90 Å². The number of amides is 1. The molecule has 1 amide bonds. The number of methoxy groups -OCH3 is 1. The summed E-state index contributed by atoms with van der Waals surface area (Å²) in [6.45, 7) is 3.19. The number of pyridine rings is 1. The molecule has 174 valence electrons. The average Bonchev–Trinajstić information content (AvgIpc) is 3.31. The van der Waals surface area contributed by atoms with Crippen molar-refractivity contribution in [2.45, 2.75) is 45.7 Å². The van der Waals surface area contributed by atoms with Gasteiger partial charge >= 0.3 is 0 Å². The highest BCUT2D eigenvalue weighted by Gasteiger charge is 2.22. The Morgan fingerprint density at radius 3 is 2.73 bits per heavy atom. The molecule has 33 heavy (non-hydrogen) atoms. The second-order valence-corrected chi connectivity index (χ2v) is 8.65. The number of tetrazole rings is 1. The van der Waals surface area contributed by atoms with Gasteiger partial charge in [0, 0.05) is 24.4 Å². The second kappa shape index (κ2) is 10.5. The first-order valence-corrected chi connectivity index (χ1v) is 11.3. The van der Waals surface area contributed by atoms with Gasteiger partial charge in [-0.05, 0) is 79.5 Å². The highest BCUT2D eigenvalue weighted by Crippen LogP contribution is 2.29. The zero-order chi connectivity index (χ0) is 23.2. The molecule has 0 atom stereocenters. The normalized spacial score (nSPS) is 18.2. The van der Waals surface area contributed by atoms with E-state index in [1.807, 2.05) is 37.3 Å². The summed E-state index contributed by atoms with van der Waals surface area (Å²) in [4.78, 5) is 18.8. The van der Waals surface area contributed by atoms with Crippen LogP contribution >= 0.6 is 0 Å². The first-order chi connectivity index (χ1) is 16.0. The van der Waals surface area contributed by atoms with E-state index in [1.165, 1.54) is 0 Å². The molecule has 0 spiro atoms. The molecule has 0 unspecified atom stereocenters. The maximum absolute atomic E-state index is 12.7. The van der Waals surface area contributed by atoms with E-state index in [4.69, 9.17) is 4.74 Å². The lowest BCUT2D eigenvalue weighted by Gasteiger charge is -2.26. The molecule has 1 fully saturated rings. The standard InChI is InChI=1S/C24H30N6O3/c1-16-10-20(23-27-29-30(28-23)14-17-6-8-18(15-31)9-7-17)12-22(26-16)24(32)25-13-19-4-3-5-21(11-19)33-2/h3-5,10-12,17-18,31H,6-9,13-15H2,1-2H3,(H,25,32)/t17-,18+. The van der Waals surface area contributed by atoms with Crippen LogP contribution in [0.3, 0.4) is 0 Å². The van der Waals surface area contributed by atoms with E-state index in [1.54, 1.807) is 18.0 Å². The molecule has 1 saturated carbocycles. The van der Waals surface area contributed by atoms with Gasteiger partial charge in [0.05, 0.1) is 13.7 Å². The molecule has 1 aliphatic rings. The van der Waals surface area contributed by atoms with Gasteiger partial charge in [-0.15, -0.1) is 10.2 Å². The molecule has 9 nitrogen and oxygen atoms in total. The number of aromatic nitrogens is 5. The van der Waals surface area contributed by atoms with Crippen LogP contribution in [0.25, 0.3) is 11.4 Å². The number of carbonyl (C=O) groups is 1. The van der Waals surface area contributed by atoms with Gasteiger partial charge in [0.25, 0.3) is 5.91 Å². The minimum absolute atomic E-state index is 0.268. The van der Waals surface area contributed by atoms with Crippen molar-refractivity contribution in [3.05, 3.63) is 53.3 Å². The molecule has 0 radical (unpaired) electrons. The van der Waals surface area contributed by atoms with Gasteiger partial charge in [-0.25, -0.2) is 4.98 Å². The number of benzene rings is 1. The van der Waals surface area contributed by atoms with Crippen molar-refractivity contribution in [1.29, 1.82) is 0 Å². The zero-order valence-corrected chi connectivity index (χ0v) is 19.1. The highest BCUT2D eigenvalue weighted by atomic mass is 16.5. The summed E-state index contributed by atoms with van der Waals surface area (Å²) in [6, 6.07) is 11.1. The molecular weight excluding hydrogens is 420 g/mol. The number of aliphatic hydroxyl groups is 1. The van der Waals surface area contributed by atoms with Crippen LogP contribution in [-0.4, -0.2) is 49.9 Å². The summed E-state index contributed by atoms with van der Waals surface area (Å²) in [5, 5.41) is 25.2. The van der Waals surface area contributed by atoms with Gasteiger partial charge < -0.3 is 15.2 Å². The minimum atomic E-state index is -0.268. The fourth-order valence-electron chi connectivity index (χ4n) is 4.23. The van der Waals surface area contributed by atoms with Crippen molar-refractivity contribution in [2.24, 2.45) is 11.8 Å². The van der Waals surface area contributed by atoms with E-state index in [2.05, 4.69) is 25.7 Å². The van der Waals surface area contributed by atoms with Gasteiger partial charge in [-0.1, -0.05) is 12.1 Å². The Morgan fingerprint density at radius 1 is 1.18 bits per heavy atom. The van der Waals surface area contributed by atoms with Gasteiger partial charge in [0.15, 0.2) is 0 Å². The smallest absolute Gasteiger partial charge is 0.270 e. The van der Waals surface area contributed by atoms with Crippen molar-refractivity contribution < 1.29 is 14.6 Å². The third kappa shape index (κ3) is 5.92. The molecule has 9 heteroatoms. The molecule has 2 N–H and O–H groups in total. The number of hydrogen-bond acceptors (Lipinski definition) is 7. The number of aryl methyl sites for hydroxylation is 1. The van der Waals surface area contributed by atoms with Crippen molar-refractivity contribution >= 4 is 5.91 Å². The van der Waals surface area contributed by atoms with Crippen molar-refractivity contribution in [1.82, 2.24) is 30.5 Å². The van der Waals surface area contributed by atoms with E-state index in [-0.39, 0.29) is 12.5 Å². The lowest BCUT2D eigenvalue weighted by atomic mass is 9.82. The summed E-state index contributed by atoms with van der Waals surface area (Å²) in [5.74, 6) is 1.87. The van der Waals surface area contributed by atoms with Gasteiger partial charge in [-0.3, -0.25) is 4.79 Å². The fourth-order valence-corrected chi connectivity index (χ4v) is 4.23. The average molecular weight is 451 g/mol. The van der Waals surface area contributed by atoms with Crippen molar-refractivity contribution in [3.8, 4) is 17.1 Å². The Labute approximate surface area is 193 Å². The third-order valence-electron chi connectivity index (χ3n) is 6.13. The number of carbonyl (C=O) groups excluding carboxylic acids is 1. The quantitative estimate of drug-likeness (QED) is 0.542. The number of ether oxygens (including phenoxy) is 1. The monoisotopic (exact) mass is 450 g/mol. The Morgan fingerprint density at radius 2 is 1.97 bits per heavy atom. The molecule has 0 bridgehead atoms. The van der Waals surface area contributed by atoms with Crippen LogP contribution in [0.1, 0.15) is 47.4 Å². The largest absolute Gasteiger partial charge is 0.497 e. The van der Waals surface area contributed by atoms with Crippen molar-refractivity contribution in [2.75, 3.05) is 13.7 Å². The van der Waals surface area contributed by atoms with Crippen LogP contribution in [0.15, 0.2) is 36.4 Å². The molecule has 0 saturated heterocycles. The van der Waals surface area contributed by atoms with E-state index in [0.717, 1.165) is 37.0 Å². The molecule has 3 aromatic rings. The van der Waals surface area contributed by atoms with Crippen LogP contribution < -0.4 is 10.1 Å². The van der Waals surface area contributed by atoms with E-state index < -0.39 is 0 Å². The molecule has 1 aliphatic carbocycles. The summed E-state index contributed by atoms with van der Waals surface area (Å²) < 4.78 is 5.23. The highest BCUT2D eigenvalue weighted by molar-refractivity contribution is 5.93. The summed E-state index contributed by atoms with van der Waals surface area (Å²) >= 11 is 0. The third-order valence-corrected chi connectivity index (χ3v) is 6.13. The SMILES string of the molecule is COc1cccc(CNC(=O)c2cc(-c3nnn(C[C@H]4CC[C@@H](CO)CC4)n3)cc(C)n2)c1. The van der Waals surface area contributed by atoms with E-state index in [0.29, 0.717) is 47.7 Å². The lowest BCUT2D eigenvalue weighted by molar-refractivity contribution is 0.0945. The number of rotatable bonds is 8. The van der Waals surface area contributed by atoms with Crippen molar-refractivity contribution in [3.63, 3.8) is 0 Å². The Bertz CT molecular complexity index is 1090. The first kappa shape index (κ1) is 22.8. The predicted molar refractivity (Wildman–Crippen MR) is 122 cm³/mol. The molecule has 1 aromatic carbocycles. The van der Waals surface area contributed by atoms with Gasteiger partial charge in [0.1, 0.15) is 11.4 Å². The molecule has 2 aromatic heterocycles. The maximum Gasteiger partial charge on any atom is 0.270 e. The predicted octanol–water partition coefficient (Wildman–Crippen LogP) is 2.78. The van der Waals surface area contributed by atoms with Crippen LogP contribution in [0.2, 0.25) is 0 Å². The number of hydrogen-bond donors (Lipinski definition) is 2. The molecule has 0 aliphatic heterocycles. The zero-order valence-electron chi connectivity index (χ0n) is 19.1. The number of nitrogens with one attached hydrogen (secondary N) is 1. The number of aliphatic hydroxyl groups excluding tert-OH is 1. The van der Waals surface area contributed by atoms with Crippen LogP contribution in [0.4, 0.5) is 0 Å². The summed E-state index contributed by atoms with van der Waals surface area (Å²) in [7, 11) is 1.61. The first-order valence-electron chi connectivity index (χ1n) is 11.3. The molecule has 2 heterocycles. The maximum atomic E-state index is 12.7. The second-order valence-electron chi connectivity index (χ2n) is 8.65. The summed E-state index contributed by atoms with van der Waals surface area (Å²) in [6.07, 6.45) is 4.21. The topological polar surface area (TPSA) is 115 Å². The molecular formula is C24H30N6O3. The lowest BCUT2D eigenvalue weighted by Crippen LogP contribution is -2.24. The Balaban J connectivity index is 1.41. The summed E-state index contributed by atoms with van der Waals surface area (Å²) in [5.41, 5.74) is 2.67.